The van der Waals surface area contributed by atoms with E-state index in [4.69, 9.17) is 0 Å². The third-order valence-corrected chi connectivity index (χ3v) is 4.47. The second-order valence-corrected chi connectivity index (χ2v) is 6.68. The predicted molar refractivity (Wildman–Crippen MR) is 83.1 cm³/mol. The van der Waals surface area contributed by atoms with Gasteiger partial charge in [0.15, 0.2) is 0 Å². The lowest BCUT2D eigenvalue weighted by Gasteiger charge is -2.18. The Hall–Kier alpha value is -1.75. The molecule has 1 aliphatic rings. The van der Waals surface area contributed by atoms with Gasteiger partial charge in [-0.05, 0) is 44.7 Å². The predicted octanol–water partition coefficient (Wildman–Crippen LogP) is 2.96. The number of nitrogens with zero attached hydrogens (tertiary/aromatic N) is 2. The maximum Gasteiger partial charge on any atom is 0.226 e. The summed E-state index contributed by atoms with van der Waals surface area (Å²) in [5, 5.41) is 6.09. The first-order valence-electron chi connectivity index (χ1n) is 7.26. The van der Waals surface area contributed by atoms with Crippen LogP contribution in [-0.2, 0) is 11.2 Å². The molecule has 0 spiro atoms. The van der Waals surface area contributed by atoms with Crippen molar-refractivity contribution < 1.29 is 4.79 Å². The highest BCUT2D eigenvalue weighted by Crippen LogP contribution is 2.40. The normalized spacial score (nSPS) is 15.7. The smallest absolute Gasteiger partial charge is 0.226 e. The average Bonchev–Trinajstić information content (AvgIpc) is 3.20. The maximum atomic E-state index is 12.2. The van der Waals surface area contributed by atoms with Crippen molar-refractivity contribution >= 4 is 17.2 Å². The van der Waals surface area contributed by atoms with Crippen molar-refractivity contribution in [2.45, 2.75) is 39.2 Å². The van der Waals surface area contributed by atoms with E-state index in [1.54, 1.807) is 11.3 Å². The Bertz CT molecular complexity index is 648. The first-order valence-corrected chi connectivity index (χ1v) is 8.14. The zero-order valence-electron chi connectivity index (χ0n) is 12.3. The van der Waals surface area contributed by atoms with E-state index in [2.05, 4.69) is 15.3 Å². The molecule has 5 heteroatoms. The van der Waals surface area contributed by atoms with E-state index in [0.717, 1.165) is 34.9 Å². The van der Waals surface area contributed by atoms with Gasteiger partial charge < -0.3 is 5.32 Å². The molecule has 1 amide bonds. The number of aryl methyl sites for hydroxylation is 2. The molecule has 0 aromatic carbocycles. The first kappa shape index (κ1) is 14.2. The molecule has 0 aliphatic heterocycles. The van der Waals surface area contributed by atoms with Crippen LogP contribution in [0.1, 0.15) is 41.0 Å². The molecule has 2 aromatic rings. The van der Waals surface area contributed by atoms with Crippen LogP contribution in [0.5, 0.6) is 0 Å². The molecule has 1 atom stereocenters. The van der Waals surface area contributed by atoms with E-state index in [0.29, 0.717) is 12.3 Å². The van der Waals surface area contributed by atoms with Crippen LogP contribution in [0.4, 0.5) is 0 Å². The number of aromatic nitrogens is 2. The van der Waals surface area contributed by atoms with Crippen LogP contribution in [0.15, 0.2) is 23.6 Å². The van der Waals surface area contributed by atoms with Gasteiger partial charge in [-0.25, -0.2) is 4.98 Å². The second-order valence-electron chi connectivity index (χ2n) is 5.62. The second kappa shape index (κ2) is 5.93. The number of carbonyl (C=O) groups is 1. The number of thiazole rings is 1. The fourth-order valence-corrected chi connectivity index (χ4v) is 3.09. The van der Waals surface area contributed by atoms with Crippen molar-refractivity contribution in [3.8, 4) is 0 Å². The summed E-state index contributed by atoms with van der Waals surface area (Å²) in [5.41, 5.74) is 2.81. The molecule has 4 nitrogen and oxygen atoms in total. The zero-order valence-corrected chi connectivity index (χ0v) is 13.1. The van der Waals surface area contributed by atoms with Crippen LogP contribution >= 0.6 is 11.3 Å². The quantitative estimate of drug-likeness (QED) is 0.923. The number of carbonyl (C=O) groups excluding carboxylic acids is 1. The van der Waals surface area contributed by atoms with Crippen molar-refractivity contribution in [3.63, 3.8) is 0 Å². The summed E-state index contributed by atoms with van der Waals surface area (Å²) in [7, 11) is 0. The first-order chi connectivity index (χ1) is 10.1. The number of hydrogen-bond acceptors (Lipinski definition) is 4. The van der Waals surface area contributed by atoms with Crippen LogP contribution in [-0.4, -0.2) is 15.9 Å². The van der Waals surface area contributed by atoms with Gasteiger partial charge in [-0.3, -0.25) is 9.78 Å². The third-order valence-electron chi connectivity index (χ3n) is 3.65. The van der Waals surface area contributed by atoms with Gasteiger partial charge in [-0.2, -0.15) is 0 Å². The molecule has 0 radical (unpaired) electrons. The van der Waals surface area contributed by atoms with E-state index in [1.807, 2.05) is 37.4 Å². The topological polar surface area (TPSA) is 54.9 Å². The Morgan fingerprint density at radius 3 is 2.81 bits per heavy atom. The fourth-order valence-electron chi connectivity index (χ4n) is 2.48. The van der Waals surface area contributed by atoms with Crippen molar-refractivity contribution in [1.82, 2.24) is 15.3 Å². The van der Waals surface area contributed by atoms with E-state index >= 15 is 0 Å². The molecular weight excluding hydrogens is 282 g/mol. The molecule has 0 bridgehead atoms. The maximum absolute atomic E-state index is 12.2. The number of rotatable bonds is 5. The summed E-state index contributed by atoms with van der Waals surface area (Å²) in [6.45, 7) is 3.93. The molecule has 0 saturated heterocycles. The monoisotopic (exact) mass is 301 g/mol. The highest BCUT2D eigenvalue weighted by Gasteiger charge is 2.34. The molecule has 1 N–H and O–H groups in total. The van der Waals surface area contributed by atoms with Crippen LogP contribution in [0.2, 0.25) is 0 Å². The minimum atomic E-state index is 0.0282. The largest absolute Gasteiger partial charge is 0.347 e. The Morgan fingerprint density at radius 2 is 2.19 bits per heavy atom. The summed E-state index contributed by atoms with van der Waals surface area (Å²) < 4.78 is 0. The summed E-state index contributed by atoms with van der Waals surface area (Å²) in [4.78, 5) is 21.2. The average molecular weight is 301 g/mol. The van der Waals surface area contributed by atoms with Crippen molar-refractivity contribution in [2.24, 2.45) is 5.92 Å². The molecule has 1 aliphatic carbocycles. The number of amides is 1. The summed E-state index contributed by atoms with van der Waals surface area (Å²) in [6, 6.07) is 6.02. The summed E-state index contributed by atoms with van der Waals surface area (Å²) >= 11 is 1.58. The Kier molecular flexibility index (Phi) is 4.01. The minimum Gasteiger partial charge on any atom is -0.347 e. The van der Waals surface area contributed by atoms with E-state index < -0.39 is 0 Å². The number of pyridine rings is 1. The molecule has 2 heterocycles. The number of hydrogen-bond donors (Lipinski definition) is 1. The van der Waals surface area contributed by atoms with Crippen molar-refractivity contribution in [3.05, 3.63) is 45.7 Å². The molecule has 110 valence electrons. The SMILES string of the molecule is Cc1cccc([C@H](NC(=O)Cc2csc(C)n2)C2CC2)n1. The fraction of sp³-hybridized carbons (Fsp3) is 0.438. The van der Waals surface area contributed by atoms with Crippen LogP contribution < -0.4 is 5.32 Å². The minimum absolute atomic E-state index is 0.0282. The molecule has 2 aromatic heterocycles. The lowest BCUT2D eigenvalue weighted by Crippen LogP contribution is -2.31. The molecule has 3 rings (SSSR count). The van der Waals surface area contributed by atoms with Gasteiger partial charge in [-0.15, -0.1) is 11.3 Å². The number of nitrogens with one attached hydrogen (secondary N) is 1. The standard InChI is InChI=1S/C16H19N3OS/c1-10-4-3-5-14(17-10)16(12-6-7-12)19-15(20)8-13-9-21-11(2)18-13/h3-5,9,12,16H,6-8H2,1-2H3,(H,19,20)/t16-/m1/s1. The molecule has 0 unspecified atom stereocenters. The van der Waals surface area contributed by atoms with Gasteiger partial charge in [0.25, 0.3) is 0 Å². The molecule has 1 saturated carbocycles. The van der Waals surface area contributed by atoms with Gasteiger partial charge in [0, 0.05) is 11.1 Å². The van der Waals surface area contributed by atoms with Crippen LogP contribution in [0.3, 0.4) is 0 Å². The molecule has 1 fully saturated rings. The highest BCUT2D eigenvalue weighted by molar-refractivity contribution is 7.09. The third kappa shape index (κ3) is 3.67. The van der Waals surface area contributed by atoms with Crippen molar-refractivity contribution in [1.29, 1.82) is 0 Å². The lowest BCUT2D eigenvalue weighted by atomic mass is 10.1. The lowest BCUT2D eigenvalue weighted by molar-refractivity contribution is -0.121. The Labute approximate surface area is 128 Å². The summed E-state index contributed by atoms with van der Waals surface area (Å²) in [6.07, 6.45) is 2.67. The zero-order chi connectivity index (χ0) is 14.8. The summed E-state index contributed by atoms with van der Waals surface area (Å²) in [5.74, 6) is 0.556. The van der Waals surface area contributed by atoms with E-state index in [1.165, 1.54) is 0 Å². The van der Waals surface area contributed by atoms with Gasteiger partial charge in [0.1, 0.15) is 0 Å². The molecular formula is C16H19N3OS. The molecule has 21 heavy (non-hydrogen) atoms. The van der Waals surface area contributed by atoms with Gasteiger partial charge in [0.2, 0.25) is 5.91 Å². The van der Waals surface area contributed by atoms with Gasteiger partial charge in [0.05, 0.1) is 28.9 Å². The van der Waals surface area contributed by atoms with Gasteiger partial charge in [-0.1, -0.05) is 6.07 Å². The van der Waals surface area contributed by atoms with Crippen LogP contribution in [0, 0.1) is 19.8 Å². The van der Waals surface area contributed by atoms with Crippen molar-refractivity contribution in [2.75, 3.05) is 0 Å². The highest BCUT2D eigenvalue weighted by atomic mass is 32.1. The Morgan fingerprint density at radius 1 is 1.38 bits per heavy atom. The van der Waals surface area contributed by atoms with E-state index in [9.17, 15) is 4.79 Å². The van der Waals surface area contributed by atoms with Crippen LogP contribution in [0.25, 0.3) is 0 Å². The van der Waals surface area contributed by atoms with Gasteiger partial charge >= 0.3 is 0 Å². The van der Waals surface area contributed by atoms with E-state index in [-0.39, 0.29) is 11.9 Å². The Balaban J connectivity index is 1.69.